The van der Waals surface area contributed by atoms with Crippen LogP contribution in [0, 0.1) is 5.92 Å². The molecule has 3 heteroatoms. The highest BCUT2D eigenvalue weighted by molar-refractivity contribution is 5.51. The van der Waals surface area contributed by atoms with Crippen LogP contribution in [-0.4, -0.2) is 15.8 Å². The lowest BCUT2D eigenvalue weighted by molar-refractivity contribution is 0.286. The summed E-state index contributed by atoms with van der Waals surface area (Å²) in [6.07, 6.45) is 9.38. The Morgan fingerprint density at radius 2 is 2.15 bits per heavy atom. The van der Waals surface area contributed by atoms with Gasteiger partial charge in [0.05, 0.1) is 6.54 Å². The first-order valence-corrected chi connectivity index (χ1v) is 7.63. The number of nitrogens with zero attached hydrogens (tertiary/aromatic N) is 2. The molecular formula is C17H23N3. The maximum absolute atomic E-state index is 4.29. The van der Waals surface area contributed by atoms with Crippen LogP contribution in [0.15, 0.2) is 42.7 Å². The van der Waals surface area contributed by atoms with Crippen molar-refractivity contribution in [2.75, 3.05) is 5.32 Å². The molecule has 1 aliphatic carbocycles. The minimum absolute atomic E-state index is 0.541. The van der Waals surface area contributed by atoms with Gasteiger partial charge in [-0.15, -0.1) is 0 Å². The quantitative estimate of drug-likeness (QED) is 0.861. The molecule has 0 aliphatic heterocycles. The van der Waals surface area contributed by atoms with Gasteiger partial charge >= 0.3 is 0 Å². The molecule has 1 aromatic carbocycles. The zero-order chi connectivity index (χ0) is 13.8. The summed E-state index contributed by atoms with van der Waals surface area (Å²) in [6.45, 7) is 3.12. The van der Waals surface area contributed by atoms with Crippen molar-refractivity contribution in [3.8, 4) is 0 Å². The van der Waals surface area contributed by atoms with Crippen LogP contribution in [0.25, 0.3) is 0 Å². The molecular weight excluding hydrogens is 246 g/mol. The Kier molecular flexibility index (Phi) is 4.05. The van der Waals surface area contributed by atoms with Gasteiger partial charge in [-0.2, -0.15) is 5.10 Å². The molecule has 1 N–H and O–H groups in total. The SMILES string of the molecule is CC(CC1CCC1)Nc1ccccc1Cn1cccn1. The molecule has 0 bridgehead atoms. The van der Waals surface area contributed by atoms with Crippen molar-refractivity contribution in [3.05, 3.63) is 48.3 Å². The molecule has 1 aliphatic rings. The number of rotatable bonds is 6. The van der Waals surface area contributed by atoms with E-state index in [-0.39, 0.29) is 0 Å². The van der Waals surface area contributed by atoms with Gasteiger partial charge in [0.25, 0.3) is 0 Å². The van der Waals surface area contributed by atoms with Crippen LogP contribution in [0.2, 0.25) is 0 Å². The molecule has 0 radical (unpaired) electrons. The molecule has 106 valence electrons. The Bertz CT molecular complexity index is 529. The molecule has 1 aromatic heterocycles. The summed E-state index contributed by atoms with van der Waals surface area (Å²) >= 11 is 0. The molecule has 3 rings (SSSR count). The van der Waals surface area contributed by atoms with Gasteiger partial charge in [0.2, 0.25) is 0 Å². The van der Waals surface area contributed by atoms with Crippen molar-refractivity contribution >= 4 is 5.69 Å². The van der Waals surface area contributed by atoms with E-state index in [2.05, 4.69) is 41.6 Å². The van der Waals surface area contributed by atoms with Gasteiger partial charge in [0.1, 0.15) is 0 Å². The number of para-hydroxylation sites is 1. The van der Waals surface area contributed by atoms with E-state index in [0.29, 0.717) is 6.04 Å². The molecule has 20 heavy (non-hydrogen) atoms. The fourth-order valence-corrected chi connectivity index (χ4v) is 2.92. The Morgan fingerprint density at radius 3 is 2.85 bits per heavy atom. The van der Waals surface area contributed by atoms with E-state index >= 15 is 0 Å². The van der Waals surface area contributed by atoms with Crippen LogP contribution in [0.3, 0.4) is 0 Å². The number of hydrogen-bond acceptors (Lipinski definition) is 2. The second-order valence-electron chi connectivity index (χ2n) is 5.94. The third-order valence-electron chi connectivity index (χ3n) is 4.22. The minimum atomic E-state index is 0.541. The summed E-state index contributed by atoms with van der Waals surface area (Å²) in [5.41, 5.74) is 2.55. The Balaban J connectivity index is 1.65. The zero-order valence-electron chi connectivity index (χ0n) is 12.1. The number of benzene rings is 1. The number of nitrogens with one attached hydrogen (secondary N) is 1. The molecule has 1 fully saturated rings. The lowest BCUT2D eigenvalue weighted by Gasteiger charge is -2.29. The highest BCUT2D eigenvalue weighted by Gasteiger charge is 2.20. The van der Waals surface area contributed by atoms with E-state index < -0.39 is 0 Å². The molecule has 1 atom stereocenters. The van der Waals surface area contributed by atoms with E-state index in [1.807, 2.05) is 23.1 Å². The number of hydrogen-bond donors (Lipinski definition) is 1. The average Bonchev–Trinajstić information content (AvgIpc) is 2.89. The second kappa shape index (κ2) is 6.12. The Hall–Kier alpha value is -1.77. The molecule has 0 saturated heterocycles. The molecule has 0 spiro atoms. The largest absolute Gasteiger partial charge is 0.382 e. The van der Waals surface area contributed by atoms with Gasteiger partial charge in [-0.25, -0.2) is 0 Å². The van der Waals surface area contributed by atoms with Crippen LogP contribution in [0.5, 0.6) is 0 Å². The third kappa shape index (κ3) is 3.21. The van der Waals surface area contributed by atoms with Gasteiger partial charge < -0.3 is 5.32 Å². The fourth-order valence-electron chi connectivity index (χ4n) is 2.92. The molecule has 3 nitrogen and oxygen atoms in total. The highest BCUT2D eigenvalue weighted by Crippen LogP contribution is 2.31. The first kappa shape index (κ1) is 13.2. The smallest absolute Gasteiger partial charge is 0.0679 e. The lowest BCUT2D eigenvalue weighted by atomic mass is 9.81. The molecule has 1 unspecified atom stereocenters. The number of aromatic nitrogens is 2. The first-order chi connectivity index (χ1) is 9.81. The maximum Gasteiger partial charge on any atom is 0.0679 e. The molecule has 2 aromatic rings. The first-order valence-electron chi connectivity index (χ1n) is 7.63. The summed E-state index contributed by atoms with van der Waals surface area (Å²) in [7, 11) is 0. The summed E-state index contributed by atoms with van der Waals surface area (Å²) in [6, 6.07) is 11.1. The average molecular weight is 269 g/mol. The summed E-state index contributed by atoms with van der Waals surface area (Å²) in [4.78, 5) is 0. The van der Waals surface area contributed by atoms with E-state index in [1.54, 1.807) is 0 Å². The fraction of sp³-hybridized carbons (Fsp3) is 0.471. The van der Waals surface area contributed by atoms with E-state index in [4.69, 9.17) is 0 Å². The van der Waals surface area contributed by atoms with Crippen molar-refractivity contribution in [2.45, 2.75) is 45.2 Å². The van der Waals surface area contributed by atoms with Crippen LogP contribution >= 0.6 is 0 Å². The highest BCUT2D eigenvalue weighted by atomic mass is 15.3. The molecule has 0 amide bonds. The standard InChI is InChI=1S/C17H23N3/c1-14(12-15-6-4-7-15)19-17-9-3-2-8-16(17)13-20-11-5-10-18-20/h2-3,5,8-11,14-15,19H,4,6-7,12-13H2,1H3. The monoisotopic (exact) mass is 269 g/mol. The lowest BCUT2D eigenvalue weighted by Crippen LogP contribution is -2.23. The Labute approximate surface area is 121 Å². The topological polar surface area (TPSA) is 29.9 Å². The van der Waals surface area contributed by atoms with E-state index in [1.165, 1.54) is 36.9 Å². The Morgan fingerprint density at radius 1 is 1.30 bits per heavy atom. The zero-order valence-corrected chi connectivity index (χ0v) is 12.1. The summed E-state index contributed by atoms with van der Waals surface area (Å²) < 4.78 is 1.97. The predicted molar refractivity (Wildman–Crippen MR) is 82.8 cm³/mol. The van der Waals surface area contributed by atoms with Gasteiger partial charge in [0.15, 0.2) is 0 Å². The van der Waals surface area contributed by atoms with Gasteiger partial charge in [-0.3, -0.25) is 4.68 Å². The van der Waals surface area contributed by atoms with E-state index in [0.717, 1.165) is 12.5 Å². The predicted octanol–water partition coefficient (Wildman–Crippen LogP) is 3.92. The van der Waals surface area contributed by atoms with Crippen LogP contribution < -0.4 is 5.32 Å². The van der Waals surface area contributed by atoms with Crippen LogP contribution in [0.1, 0.15) is 38.2 Å². The van der Waals surface area contributed by atoms with Crippen molar-refractivity contribution in [3.63, 3.8) is 0 Å². The molecule has 1 saturated carbocycles. The number of anilines is 1. The van der Waals surface area contributed by atoms with Gasteiger partial charge in [-0.1, -0.05) is 37.5 Å². The summed E-state index contributed by atoms with van der Waals surface area (Å²) in [5, 5.41) is 7.97. The van der Waals surface area contributed by atoms with Crippen LogP contribution in [0.4, 0.5) is 5.69 Å². The van der Waals surface area contributed by atoms with Gasteiger partial charge in [0, 0.05) is 24.1 Å². The molecule has 1 heterocycles. The van der Waals surface area contributed by atoms with Crippen molar-refractivity contribution in [2.24, 2.45) is 5.92 Å². The summed E-state index contributed by atoms with van der Waals surface area (Å²) in [5.74, 6) is 0.941. The van der Waals surface area contributed by atoms with Crippen molar-refractivity contribution < 1.29 is 0 Å². The van der Waals surface area contributed by atoms with E-state index in [9.17, 15) is 0 Å². The maximum atomic E-state index is 4.29. The van der Waals surface area contributed by atoms with Crippen LogP contribution in [-0.2, 0) is 6.54 Å². The normalized spacial score (nSPS) is 16.6. The van der Waals surface area contributed by atoms with Crippen molar-refractivity contribution in [1.82, 2.24) is 9.78 Å². The van der Waals surface area contributed by atoms with Crippen molar-refractivity contribution in [1.29, 1.82) is 0 Å². The minimum Gasteiger partial charge on any atom is -0.382 e. The third-order valence-corrected chi connectivity index (χ3v) is 4.22. The van der Waals surface area contributed by atoms with Gasteiger partial charge in [-0.05, 0) is 37.0 Å². The second-order valence-corrected chi connectivity index (χ2v) is 5.94.